The van der Waals surface area contributed by atoms with Gasteiger partial charge in [-0.3, -0.25) is 0 Å². The molecule has 3 nitrogen and oxygen atoms in total. The van der Waals surface area contributed by atoms with Crippen molar-refractivity contribution in [2.45, 2.75) is 19.3 Å². The Morgan fingerprint density at radius 3 is 2.83 bits per heavy atom. The van der Waals surface area contributed by atoms with Gasteiger partial charge in [0.25, 0.3) is 0 Å². The number of hydrogen-bond donors (Lipinski definition) is 1. The number of halogens is 1. The summed E-state index contributed by atoms with van der Waals surface area (Å²) in [4.78, 5) is 0. The molecule has 18 heavy (non-hydrogen) atoms. The minimum atomic E-state index is 0.584. The largest absolute Gasteiger partial charge is 0.486 e. The van der Waals surface area contributed by atoms with Crippen molar-refractivity contribution in [1.29, 1.82) is 0 Å². The van der Waals surface area contributed by atoms with Crippen molar-refractivity contribution in [2.75, 3.05) is 26.3 Å². The van der Waals surface area contributed by atoms with Gasteiger partial charge in [0, 0.05) is 0 Å². The van der Waals surface area contributed by atoms with Gasteiger partial charge in [-0.15, -0.1) is 0 Å². The summed E-state index contributed by atoms with van der Waals surface area (Å²) in [6.07, 6.45) is 3.58. The molecule has 2 aliphatic heterocycles. The van der Waals surface area contributed by atoms with Crippen molar-refractivity contribution in [3.05, 3.63) is 22.7 Å². The van der Waals surface area contributed by atoms with Crippen molar-refractivity contribution in [3.8, 4) is 11.5 Å². The Labute approximate surface area is 112 Å². The van der Waals surface area contributed by atoms with Crippen LogP contribution in [0.2, 0.25) is 5.02 Å². The summed E-state index contributed by atoms with van der Waals surface area (Å²) >= 11 is 6.14. The number of piperidine rings is 1. The van der Waals surface area contributed by atoms with Crippen molar-refractivity contribution in [3.63, 3.8) is 0 Å². The van der Waals surface area contributed by atoms with Crippen LogP contribution in [0.15, 0.2) is 12.1 Å². The van der Waals surface area contributed by atoms with Crippen molar-refractivity contribution < 1.29 is 9.47 Å². The van der Waals surface area contributed by atoms with Gasteiger partial charge in [-0.25, -0.2) is 0 Å². The quantitative estimate of drug-likeness (QED) is 0.894. The molecule has 0 aromatic heterocycles. The first kappa shape index (κ1) is 12.1. The lowest BCUT2D eigenvalue weighted by atomic mass is 9.92. The van der Waals surface area contributed by atoms with Gasteiger partial charge in [0.1, 0.15) is 13.2 Å². The number of fused-ring (bicyclic) bond motifs is 1. The Morgan fingerprint density at radius 2 is 2.06 bits per heavy atom. The van der Waals surface area contributed by atoms with E-state index in [0.29, 0.717) is 24.2 Å². The molecular formula is C14H18ClNO2. The lowest BCUT2D eigenvalue weighted by Crippen LogP contribution is -2.31. The van der Waals surface area contributed by atoms with Gasteiger partial charge in [-0.1, -0.05) is 17.7 Å². The van der Waals surface area contributed by atoms with E-state index in [-0.39, 0.29) is 0 Å². The molecule has 0 saturated carbocycles. The summed E-state index contributed by atoms with van der Waals surface area (Å²) in [5.74, 6) is 2.28. The number of ether oxygens (including phenoxy) is 2. The first-order valence-corrected chi connectivity index (χ1v) is 7.00. The molecule has 2 heterocycles. The molecule has 1 unspecified atom stereocenters. The Morgan fingerprint density at radius 1 is 1.22 bits per heavy atom. The van der Waals surface area contributed by atoms with Crippen molar-refractivity contribution >= 4 is 11.6 Å². The lowest BCUT2D eigenvalue weighted by molar-refractivity contribution is 0.169. The van der Waals surface area contributed by atoms with Crippen LogP contribution in [0.4, 0.5) is 0 Å². The van der Waals surface area contributed by atoms with Crippen LogP contribution in [0.5, 0.6) is 11.5 Å². The van der Waals surface area contributed by atoms with Gasteiger partial charge in [0.15, 0.2) is 11.5 Å². The standard InChI is InChI=1S/C14H18ClNO2/c15-12-4-3-11(8-10-2-1-5-16-9-10)13-14(12)18-7-6-17-13/h3-4,10,16H,1-2,5-9H2. The fourth-order valence-corrected chi connectivity index (χ4v) is 2.93. The molecule has 0 spiro atoms. The molecule has 1 atom stereocenters. The van der Waals surface area contributed by atoms with Gasteiger partial charge in [0.05, 0.1) is 5.02 Å². The maximum Gasteiger partial charge on any atom is 0.180 e. The van der Waals surface area contributed by atoms with Gasteiger partial charge < -0.3 is 14.8 Å². The second kappa shape index (κ2) is 5.37. The Balaban J connectivity index is 1.82. The van der Waals surface area contributed by atoms with Crippen LogP contribution in [-0.2, 0) is 6.42 Å². The van der Waals surface area contributed by atoms with Crippen LogP contribution in [0.3, 0.4) is 0 Å². The molecular weight excluding hydrogens is 250 g/mol. The van der Waals surface area contributed by atoms with Crippen LogP contribution in [-0.4, -0.2) is 26.3 Å². The maximum absolute atomic E-state index is 6.14. The third-order valence-corrected chi connectivity index (χ3v) is 3.93. The van der Waals surface area contributed by atoms with Crippen molar-refractivity contribution in [2.24, 2.45) is 5.92 Å². The number of benzene rings is 1. The van der Waals surface area contributed by atoms with Gasteiger partial charge >= 0.3 is 0 Å². The van der Waals surface area contributed by atoms with E-state index in [0.717, 1.165) is 31.0 Å². The number of nitrogens with one attached hydrogen (secondary N) is 1. The molecule has 1 saturated heterocycles. The highest BCUT2D eigenvalue weighted by atomic mass is 35.5. The molecule has 1 fully saturated rings. The summed E-state index contributed by atoms with van der Waals surface area (Å²) in [6.45, 7) is 3.44. The zero-order chi connectivity index (χ0) is 12.4. The van der Waals surface area contributed by atoms with Gasteiger partial charge in [-0.05, 0) is 49.9 Å². The smallest absolute Gasteiger partial charge is 0.180 e. The summed E-state index contributed by atoms with van der Waals surface area (Å²) in [5.41, 5.74) is 1.22. The highest BCUT2D eigenvalue weighted by Gasteiger charge is 2.22. The van der Waals surface area contributed by atoms with E-state index in [9.17, 15) is 0 Å². The fraction of sp³-hybridized carbons (Fsp3) is 0.571. The van der Waals surface area contributed by atoms with Crippen LogP contribution < -0.4 is 14.8 Å². The van der Waals surface area contributed by atoms with Crippen molar-refractivity contribution in [1.82, 2.24) is 5.32 Å². The highest BCUT2D eigenvalue weighted by Crippen LogP contribution is 2.41. The molecule has 1 aromatic rings. The molecule has 3 rings (SSSR count). The molecule has 0 radical (unpaired) electrons. The van der Waals surface area contributed by atoms with Crippen LogP contribution in [0.1, 0.15) is 18.4 Å². The van der Waals surface area contributed by atoms with Gasteiger partial charge in [-0.2, -0.15) is 0 Å². The van der Waals surface area contributed by atoms with E-state index in [4.69, 9.17) is 21.1 Å². The van der Waals surface area contributed by atoms with Crippen LogP contribution in [0, 0.1) is 5.92 Å². The van der Waals surface area contributed by atoms with E-state index < -0.39 is 0 Å². The zero-order valence-corrected chi connectivity index (χ0v) is 11.1. The SMILES string of the molecule is Clc1ccc(CC2CCCNC2)c2c1OCCO2. The predicted molar refractivity (Wildman–Crippen MR) is 71.7 cm³/mol. The normalized spacial score (nSPS) is 22.8. The minimum absolute atomic E-state index is 0.584. The van der Waals surface area contributed by atoms with E-state index in [1.54, 1.807) is 0 Å². The minimum Gasteiger partial charge on any atom is -0.486 e. The summed E-state index contributed by atoms with van der Waals surface area (Å²) in [6, 6.07) is 3.99. The fourth-order valence-electron chi connectivity index (χ4n) is 2.73. The van der Waals surface area contributed by atoms with E-state index >= 15 is 0 Å². The topological polar surface area (TPSA) is 30.5 Å². The first-order chi connectivity index (χ1) is 8.84. The highest BCUT2D eigenvalue weighted by molar-refractivity contribution is 6.32. The average molecular weight is 268 g/mol. The molecule has 1 N–H and O–H groups in total. The summed E-state index contributed by atoms with van der Waals surface area (Å²) in [5, 5.41) is 4.10. The Bertz CT molecular complexity index is 430. The van der Waals surface area contributed by atoms with Crippen LogP contribution >= 0.6 is 11.6 Å². The van der Waals surface area contributed by atoms with E-state index in [2.05, 4.69) is 11.4 Å². The molecule has 0 bridgehead atoms. The second-order valence-electron chi connectivity index (χ2n) is 4.98. The molecule has 0 aliphatic carbocycles. The second-order valence-corrected chi connectivity index (χ2v) is 5.39. The molecule has 0 amide bonds. The molecule has 4 heteroatoms. The van der Waals surface area contributed by atoms with E-state index in [1.807, 2.05) is 6.07 Å². The average Bonchev–Trinajstić information content (AvgIpc) is 2.44. The summed E-state index contributed by atoms with van der Waals surface area (Å²) < 4.78 is 11.4. The third-order valence-electron chi connectivity index (χ3n) is 3.63. The predicted octanol–water partition coefficient (Wildman–Crippen LogP) is 2.65. The monoisotopic (exact) mass is 267 g/mol. The molecule has 1 aromatic carbocycles. The number of hydrogen-bond acceptors (Lipinski definition) is 3. The Hall–Kier alpha value is -0.930. The lowest BCUT2D eigenvalue weighted by Gasteiger charge is -2.26. The number of rotatable bonds is 2. The summed E-state index contributed by atoms with van der Waals surface area (Å²) in [7, 11) is 0. The Kier molecular flexibility index (Phi) is 3.62. The zero-order valence-electron chi connectivity index (χ0n) is 10.4. The maximum atomic E-state index is 6.14. The van der Waals surface area contributed by atoms with Gasteiger partial charge in [0.2, 0.25) is 0 Å². The van der Waals surface area contributed by atoms with E-state index in [1.165, 1.54) is 18.4 Å². The molecule has 98 valence electrons. The van der Waals surface area contributed by atoms with Crippen LogP contribution in [0.25, 0.3) is 0 Å². The molecule has 2 aliphatic rings. The third kappa shape index (κ3) is 2.43. The first-order valence-electron chi connectivity index (χ1n) is 6.62.